The summed E-state index contributed by atoms with van der Waals surface area (Å²) in [7, 11) is 0. The van der Waals surface area contributed by atoms with Crippen LogP contribution in [0.15, 0.2) is 36.5 Å². The van der Waals surface area contributed by atoms with Crippen molar-refractivity contribution in [2.45, 2.75) is 13.0 Å². The standard InChI is InChI=1S/C13H15FN4/c1-8-4-2-5-9(11(8)14)12(18-16)10-6-3-7-17-13(10)15/h2-7,12,18H,16H2,1H3,(H2,15,17). The lowest BCUT2D eigenvalue weighted by atomic mass is 9.97. The molecule has 1 aromatic carbocycles. The number of hydrogen-bond acceptors (Lipinski definition) is 4. The fourth-order valence-corrected chi connectivity index (χ4v) is 1.91. The van der Waals surface area contributed by atoms with Crippen LogP contribution >= 0.6 is 0 Å². The monoisotopic (exact) mass is 246 g/mol. The Bertz CT molecular complexity index is 556. The first-order valence-corrected chi connectivity index (χ1v) is 5.56. The number of nitrogens with one attached hydrogen (secondary N) is 1. The van der Waals surface area contributed by atoms with Crippen molar-refractivity contribution in [1.82, 2.24) is 10.4 Å². The van der Waals surface area contributed by atoms with E-state index >= 15 is 0 Å². The van der Waals surface area contributed by atoms with Gasteiger partial charge in [-0.3, -0.25) is 5.84 Å². The number of halogens is 1. The average molecular weight is 246 g/mol. The molecule has 2 rings (SSSR count). The smallest absolute Gasteiger partial charge is 0.131 e. The zero-order valence-electron chi connectivity index (χ0n) is 10.0. The van der Waals surface area contributed by atoms with Crippen molar-refractivity contribution >= 4 is 5.82 Å². The molecule has 0 aliphatic rings. The molecule has 2 aromatic rings. The van der Waals surface area contributed by atoms with Crippen molar-refractivity contribution in [1.29, 1.82) is 0 Å². The van der Waals surface area contributed by atoms with Crippen molar-refractivity contribution in [3.05, 3.63) is 59.0 Å². The summed E-state index contributed by atoms with van der Waals surface area (Å²) in [5.74, 6) is 5.57. The summed E-state index contributed by atoms with van der Waals surface area (Å²) in [4.78, 5) is 3.99. The van der Waals surface area contributed by atoms with E-state index in [1.165, 1.54) is 0 Å². The first-order valence-electron chi connectivity index (χ1n) is 5.56. The number of hydrogen-bond donors (Lipinski definition) is 3. The number of nitrogen functional groups attached to an aromatic ring is 1. The zero-order valence-corrected chi connectivity index (χ0v) is 10.0. The van der Waals surface area contributed by atoms with Crippen LogP contribution in [0.2, 0.25) is 0 Å². The molecular weight excluding hydrogens is 231 g/mol. The molecule has 1 unspecified atom stereocenters. The fraction of sp³-hybridized carbons (Fsp3) is 0.154. The normalized spacial score (nSPS) is 12.4. The number of pyridine rings is 1. The quantitative estimate of drug-likeness (QED) is 0.568. The summed E-state index contributed by atoms with van der Waals surface area (Å²) < 4.78 is 14.1. The largest absolute Gasteiger partial charge is 0.383 e. The highest BCUT2D eigenvalue weighted by atomic mass is 19.1. The van der Waals surface area contributed by atoms with Gasteiger partial charge in [0.05, 0.1) is 6.04 Å². The predicted molar refractivity (Wildman–Crippen MR) is 69.0 cm³/mol. The zero-order chi connectivity index (χ0) is 13.1. The molecule has 0 saturated carbocycles. The van der Waals surface area contributed by atoms with Crippen LogP contribution < -0.4 is 17.0 Å². The third kappa shape index (κ3) is 2.18. The topological polar surface area (TPSA) is 77.0 Å². The van der Waals surface area contributed by atoms with Gasteiger partial charge in [0.1, 0.15) is 11.6 Å². The molecule has 0 fully saturated rings. The van der Waals surface area contributed by atoms with Gasteiger partial charge in [0.15, 0.2) is 0 Å². The Balaban J connectivity index is 2.53. The summed E-state index contributed by atoms with van der Waals surface area (Å²) in [6, 6.07) is 8.17. The SMILES string of the molecule is Cc1cccc(C(NN)c2cccnc2N)c1F. The van der Waals surface area contributed by atoms with Gasteiger partial charge in [-0.05, 0) is 18.6 Å². The van der Waals surface area contributed by atoms with E-state index in [1.54, 1.807) is 43.5 Å². The maximum Gasteiger partial charge on any atom is 0.131 e. The lowest BCUT2D eigenvalue weighted by Crippen LogP contribution is -2.30. The minimum Gasteiger partial charge on any atom is -0.383 e. The Hall–Kier alpha value is -1.98. The number of rotatable bonds is 3. The molecule has 0 bridgehead atoms. The molecule has 0 radical (unpaired) electrons. The molecule has 1 heterocycles. The number of benzene rings is 1. The van der Waals surface area contributed by atoms with Crippen molar-refractivity contribution in [2.24, 2.45) is 5.84 Å². The summed E-state index contributed by atoms with van der Waals surface area (Å²) >= 11 is 0. The summed E-state index contributed by atoms with van der Waals surface area (Å²) in [6.07, 6.45) is 1.58. The van der Waals surface area contributed by atoms with Gasteiger partial charge >= 0.3 is 0 Å². The number of nitrogens with two attached hydrogens (primary N) is 2. The van der Waals surface area contributed by atoms with E-state index in [4.69, 9.17) is 11.6 Å². The minimum atomic E-state index is -0.515. The van der Waals surface area contributed by atoms with E-state index < -0.39 is 6.04 Å². The van der Waals surface area contributed by atoms with Gasteiger partial charge < -0.3 is 5.73 Å². The van der Waals surface area contributed by atoms with Crippen LogP contribution in [0, 0.1) is 12.7 Å². The van der Waals surface area contributed by atoms with Gasteiger partial charge in [0.25, 0.3) is 0 Å². The Kier molecular flexibility index (Phi) is 3.55. The van der Waals surface area contributed by atoms with Crippen LogP contribution in [0.4, 0.5) is 10.2 Å². The van der Waals surface area contributed by atoms with Crippen LogP contribution in [0.1, 0.15) is 22.7 Å². The van der Waals surface area contributed by atoms with Gasteiger partial charge in [-0.1, -0.05) is 24.3 Å². The minimum absolute atomic E-state index is 0.288. The molecule has 0 amide bonds. The third-order valence-corrected chi connectivity index (χ3v) is 2.88. The molecule has 1 atom stereocenters. The Labute approximate surface area is 105 Å². The Morgan fingerprint density at radius 2 is 1.94 bits per heavy atom. The Morgan fingerprint density at radius 1 is 1.22 bits per heavy atom. The van der Waals surface area contributed by atoms with E-state index in [-0.39, 0.29) is 5.82 Å². The molecule has 0 spiro atoms. The maximum atomic E-state index is 14.1. The molecule has 0 saturated heterocycles. The molecule has 0 aliphatic heterocycles. The first kappa shape index (κ1) is 12.5. The van der Waals surface area contributed by atoms with Crippen LogP contribution in [-0.2, 0) is 0 Å². The second-order valence-corrected chi connectivity index (χ2v) is 4.06. The molecule has 0 aliphatic carbocycles. The van der Waals surface area contributed by atoms with E-state index in [9.17, 15) is 4.39 Å². The van der Waals surface area contributed by atoms with Gasteiger partial charge in [-0.25, -0.2) is 14.8 Å². The van der Waals surface area contributed by atoms with E-state index in [2.05, 4.69) is 10.4 Å². The second-order valence-electron chi connectivity index (χ2n) is 4.06. The average Bonchev–Trinajstić information content (AvgIpc) is 2.37. The maximum absolute atomic E-state index is 14.1. The van der Waals surface area contributed by atoms with Crippen molar-refractivity contribution in [2.75, 3.05) is 5.73 Å². The highest BCUT2D eigenvalue weighted by Gasteiger charge is 2.19. The third-order valence-electron chi connectivity index (χ3n) is 2.88. The highest BCUT2D eigenvalue weighted by molar-refractivity contribution is 5.46. The summed E-state index contributed by atoms with van der Waals surface area (Å²) in [5.41, 5.74) is 10.1. The number of anilines is 1. The number of aryl methyl sites for hydroxylation is 1. The molecule has 5 N–H and O–H groups in total. The predicted octanol–water partition coefficient (Wildman–Crippen LogP) is 1.66. The lowest BCUT2D eigenvalue weighted by molar-refractivity contribution is 0.554. The number of aromatic nitrogens is 1. The molecule has 94 valence electrons. The van der Waals surface area contributed by atoms with E-state index in [1.807, 2.05) is 0 Å². The Morgan fingerprint density at radius 3 is 2.61 bits per heavy atom. The first-order chi connectivity index (χ1) is 8.65. The van der Waals surface area contributed by atoms with Gasteiger partial charge in [-0.15, -0.1) is 0 Å². The fourth-order valence-electron chi connectivity index (χ4n) is 1.91. The molecule has 1 aromatic heterocycles. The van der Waals surface area contributed by atoms with Crippen molar-refractivity contribution in [3.8, 4) is 0 Å². The lowest BCUT2D eigenvalue weighted by Gasteiger charge is -2.19. The van der Waals surface area contributed by atoms with Gasteiger partial charge in [0.2, 0.25) is 0 Å². The van der Waals surface area contributed by atoms with Crippen LogP contribution in [0.3, 0.4) is 0 Å². The number of hydrazine groups is 1. The van der Waals surface area contributed by atoms with Gasteiger partial charge in [-0.2, -0.15) is 0 Å². The number of nitrogens with zero attached hydrogens (tertiary/aromatic N) is 1. The van der Waals surface area contributed by atoms with E-state index in [0.29, 0.717) is 22.5 Å². The summed E-state index contributed by atoms with van der Waals surface area (Å²) in [5, 5.41) is 0. The second kappa shape index (κ2) is 5.12. The van der Waals surface area contributed by atoms with Crippen LogP contribution in [0.25, 0.3) is 0 Å². The molecular formula is C13H15FN4. The highest BCUT2D eigenvalue weighted by Crippen LogP contribution is 2.27. The van der Waals surface area contributed by atoms with Crippen LogP contribution in [-0.4, -0.2) is 4.98 Å². The van der Waals surface area contributed by atoms with Gasteiger partial charge in [0, 0.05) is 17.3 Å². The summed E-state index contributed by atoms with van der Waals surface area (Å²) in [6.45, 7) is 1.71. The molecule has 18 heavy (non-hydrogen) atoms. The molecule has 4 nitrogen and oxygen atoms in total. The van der Waals surface area contributed by atoms with Crippen molar-refractivity contribution < 1.29 is 4.39 Å². The van der Waals surface area contributed by atoms with Crippen LogP contribution in [0.5, 0.6) is 0 Å². The molecule has 5 heteroatoms. The van der Waals surface area contributed by atoms with Crippen molar-refractivity contribution in [3.63, 3.8) is 0 Å². The van der Waals surface area contributed by atoms with E-state index in [0.717, 1.165) is 0 Å².